The van der Waals surface area contributed by atoms with Crippen LogP contribution in [-0.4, -0.2) is 20.8 Å². The Morgan fingerprint density at radius 3 is 2.11 bits per heavy atom. The summed E-state index contributed by atoms with van der Waals surface area (Å²) in [6.45, 7) is 8.19. The van der Waals surface area contributed by atoms with Crippen LogP contribution in [0.5, 0.6) is 11.5 Å². The van der Waals surface area contributed by atoms with Crippen LogP contribution >= 0.6 is 0 Å². The van der Waals surface area contributed by atoms with Crippen LogP contribution in [0.2, 0.25) is 0 Å². The lowest BCUT2D eigenvalue weighted by Crippen LogP contribution is -2.34. The standard InChI is InChI=1S/C16H23NO2/c1-5-9-16(12-17,10-6-2)13-7-8-14(18-3)15(11-13)19-4/h5-8,11H,1-2,9-10,12,17H2,3-4H3. The highest BCUT2D eigenvalue weighted by Crippen LogP contribution is 2.37. The van der Waals surface area contributed by atoms with E-state index < -0.39 is 0 Å². The van der Waals surface area contributed by atoms with E-state index >= 15 is 0 Å². The van der Waals surface area contributed by atoms with Crippen LogP contribution in [-0.2, 0) is 5.41 Å². The van der Waals surface area contributed by atoms with Gasteiger partial charge < -0.3 is 15.2 Å². The molecule has 0 aliphatic heterocycles. The largest absolute Gasteiger partial charge is 0.493 e. The molecule has 1 aromatic carbocycles. The third-order valence-electron chi connectivity index (χ3n) is 3.46. The maximum atomic E-state index is 6.01. The average Bonchev–Trinajstić information content (AvgIpc) is 2.46. The lowest BCUT2D eigenvalue weighted by Gasteiger charge is -2.31. The first-order valence-corrected chi connectivity index (χ1v) is 6.31. The van der Waals surface area contributed by atoms with Crippen LogP contribution in [0.25, 0.3) is 0 Å². The minimum Gasteiger partial charge on any atom is -0.493 e. The summed E-state index contributed by atoms with van der Waals surface area (Å²) in [5, 5.41) is 0. The molecule has 0 aromatic heterocycles. The van der Waals surface area contributed by atoms with Gasteiger partial charge in [0.15, 0.2) is 11.5 Å². The minimum atomic E-state index is -0.178. The summed E-state index contributed by atoms with van der Waals surface area (Å²) in [6, 6.07) is 5.92. The van der Waals surface area contributed by atoms with Crippen molar-refractivity contribution >= 4 is 0 Å². The molecular formula is C16H23NO2. The van der Waals surface area contributed by atoms with Crippen LogP contribution in [0.1, 0.15) is 18.4 Å². The lowest BCUT2D eigenvalue weighted by atomic mass is 9.75. The molecule has 0 saturated carbocycles. The molecule has 104 valence electrons. The smallest absolute Gasteiger partial charge is 0.161 e. The molecule has 0 atom stereocenters. The summed E-state index contributed by atoms with van der Waals surface area (Å²) >= 11 is 0. The van der Waals surface area contributed by atoms with Crippen molar-refractivity contribution in [3.05, 3.63) is 49.1 Å². The molecule has 0 spiro atoms. The molecule has 0 unspecified atom stereocenters. The van der Waals surface area contributed by atoms with Crippen molar-refractivity contribution in [3.63, 3.8) is 0 Å². The van der Waals surface area contributed by atoms with E-state index in [0.29, 0.717) is 12.3 Å². The number of ether oxygens (including phenoxy) is 2. The van der Waals surface area contributed by atoms with E-state index in [0.717, 1.165) is 24.2 Å². The fourth-order valence-corrected chi connectivity index (χ4v) is 2.32. The molecule has 2 N–H and O–H groups in total. The Bertz CT molecular complexity index is 430. The van der Waals surface area contributed by atoms with Crippen LogP contribution < -0.4 is 15.2 Å². The summed E-state index contributed by atoms with van der Waals surface area (Å²) in [7, 11) is 3.26. The monoisotopic (exact) mass is 261 g/mol. The number of hydrogen-bond donors (Lipinski definition) is 1. The Kier molecular flexibility index (Phi) is 5.64. The predicted octanol–water partition coefficient (Wildman–Crippen LogP) is 3.05. The van der Waals surface area contributed by atoms with Gasteiger partial charge in [-0.25, -0.2) is 0 Å². The lowest BCUT2D eigenvalue weighted by molar-refractivity contribution is 0.352. The van der Waals surface area contributed by atoms with Gasteiger partial charge in [0.25, 0.3) is 0 Å². The molecule has 1 rings (SSSR count). The second-order valence-electron chi connectivity index (χ2n) is 4.54. The van der Waals surface area contributed by atoms with E-state index in [-0.39, 0.29) is 5.41 Å². The van der Waals surface area contributed by atoms with Gasteiger partial charge >= 0.3 is 0 Å². The Hall–Kier alpha value is -1.74. The van der Waals surface area contributed by atoms with Crippen molar-refractivity contribution in [1.29, 1.82) is 0 Å². The highest BCUT2D eigenvalue weighted by atomic mass is 16.5. The van der Waals surface area contributed by atoms with Crippen LogP contribution in [0.3, 0.4) is 0 Å². The van der Waals surface area contributed by atoms with Crippen molar-refractivity contribution in [2.24, 2.45) is 5.73 Å². The molecule has 0 aliphatic rings. The first-order chi connectivity index (χ1) is 9.17. The Morgan fingerprint density at radius 2 is 1.68 bits per heavy atom. The molecule has 0 amide bonds. The molecule has 0 heterocycles. The zero-order chi connectivity index (χ0) is 14.3. The van der Waals surface area contributed by atoms with Crippen LogP contribution in [0.4, 0.5) is 0 Å². The first kappa shape index (κ1) is 15.3. The quantitative estimate of drug-likeness (QED) is 0.731. The van der Waals surface area contributed by atoms with Gasteiger partial charge in [0.05, 0.1) is 14.2 Å². The third kappa shape index (κ3) is 3.18. The van der Waals surface area contributed by atoms with Crippen molar-refractivity contribution in [1.82, 2.24) is 0 Å². The number of hydrogen-bond acceptors (Lipinski definition) is 3. The van der Waals surface area contributed by atoms with Gasteiger partial charge in [-0.15, -0.1) is 13.2 Å². The molecule has 0 radical (unpaired) electrons. The topological polar surface area (TPSA) is 44.5 Å². The van der Waals surface area contributed by atoms with Gasteiger partial charge in [-0.2, -0.15) is 0 Å². The number of benzene rings is 1. The van der Waals surface area contributed by atoms with Crippen LogP contribution in [0, 0.1) is 0 Å². The predicted molar refractivity (Wildman–Crippen MR) is 79.9 cm³/mol. The second kappa shape index (κ2) is 7.00. The molecule has 0 fully saturated rings. The summed E-state index contributed by atoms with van der Waals surface area (Å²) in [5.74, 6) is 1.43. The maximum Gasteiger partial charge on any atom is 0.161 e. The van der Waals surface area contributed by atoms with Crippen molar-refractivity contribution in [2.75, 3.05) is 20.8 Å². The normalized spacial score (nSPS) is 10.9. The number of nitrogens with two attached hydrogens (primary N) is 1. The van der Waals surface area contributed by atoms with E-state index in [1.54, 1.807) is 14.2 Å². The van der Waals surface area contributed by atoms with Gasteiger partial charge in [-0.1, -0.05) is 18.2 Å². The van der Waals surface area contributed by atoms with E-state index in [1.807, 2.05) is 30.4 Å². The van der Waals surface area contributed by atoms with Crippen molar-refractivity contribution < 1.29 is 9.47 Å². The molecule has 0 aliphatic carbocycles. The van der Waals surface area contributed by atoms with Gasteiger partial charge in [0.2, 0.25) is 0 Å². The Labute approximate surface area is 115 Å². The zero-order valence-electron chi connectivity index (χ0n) is 11.8. The van der Waals surface area contributed by atoms with Crippen molar-refractivity contribution in [2.45, 2.75) is 18.3 Å². The molecule has 3 nitrogen and oxygen atoms in total. The summed E-state index contributed by atoms with van der Waals surface area (Å²) in [4.78, 5) is 0. The molecule has 19 heavy (non-hydrogen) atoms. The van der Waals surface area contributed by atoms with E-state index in [2.05, 4.69) is 13.2 Å². The molecule has 0 bridgehead atoms. The van der Waals surface area contributed by atoms with Crippen LogP contribution in [0.15, 0.2) is 43.5 Å². The Balaban J connectivity index is 3.29. The molecule has 3 heteroatoms. The summed E-state index contributed by atoms with van der Waals surface area (Å²) < 4.78 is 10.6. The van der Waals surface area contributed by atoms with E-state index in [1.165, 1.54) is 0 Å². The molecule has 0 saturated heterocycles. The first-order valence-electron chi connectivity index (χ1n) is 6.31. The number of rotatable bonds is 8. The fraction of sp³-hybridized carbons (Fsp3) is 0.375. The van der Waals surface area contributed by atoms with Gasteiger partial charge in [-0.05, 0) is 30.5 Å². The number of methoxy groups -OCH3 is 2. The minimum absolute atomic E-state index is 0.178. The van der Waals surface area contributed by atoms with Gasteiger partial charge in [0, 0.05) is 12.0 Å². The van der Waals surface area contributed by atoms with E-state index in [4.69, 9.17) is 15.2 Å². The fourth-order valence-electron chi connectivity index (χ4n) is 2.32. The summed E-state index contributed by atoms with van der Waals surface area (Å²) in [5.41, 5.74) is 6.95. The molecular weight excluding hydrogens is 238 g/mol. The highest BCUT2D eigenvalue weighted by molar-refractivity contribution is 5.45. The van der Waals surface area contributed by atoms with Gasteiger partial charge in [0.1, 0.15) is 0 Å². The van der Waals surface area contributed by atoms with Crippen molar-refractivity contribution in [3.8, 4) is 11.5 Å². The average molecular weight is 261 g/mol. The maximum absolute atomic E-state index is 6.01. The SMILES string of the molecule is C=CCC(CN)(CC=C)c1ccc(OC)c(OC)c1. The molecule has 1 aromatic rings. The highest BCUT2D eigenvalue weighted by Gasteiger charge is 2.29. The number of allylic oxidation sites excluding steroid dienone is 2. The third-order valence-corrected chi connectivity index (χ3v) is 3.46. The Morgan fingerprint density at radius 1 is 1.11 bits per heavy atom. The van der Waals surface area contributed by atoms with E-state index in [9.17, 15) is 0 Å². The summed E-state index contributed by atoms with van der Waals surface area (Å²) in [6.07, 6.45) is 5.39. The second-order valence-corrected chi connectivity index (χ2v) is 4.54. The van der Waals surface area contributed by atoms with Gasteiger partial charge in [-0.3, -0.25) is 0 Å². The zero-order valence-corrected chi connectivity index (χ0v) is 11.8.